The standard InChI is InChI=1S/C72H90N6O6/c1-4-7-10-13-16-19-22-25-52-76-64-44-34-56(35-45-64)67(79)73-62-40-30-60(31-41-62)71(83)77(53-26-23-20-17-14-11-8-5-2)65-46-36-57(37-47-65)68(80)74-63-42-32-61(33-43-63)72(84)78(54-27-24-21-18-15-12-9-6-3)66-48-38-59(39-49-66)69(81)75-51-28-29-58(50-55-75)70(76)82/h28-51,55H,4-27,52-54H2,1-3H3,(H,73,79)(H,74,80). The molecule has 0 fully saturated rings. The second-order valence-corrected chi connectivity index (χ2v) is 22.5. The molecule has 84 heavy (non-hydrogen) atoms. The third kappa shape index (κ3) is 19.4. The molecule has 12 heteroatoms. The molecule has 12 bridgehead atoms. The lowest BCUT2D eigenvalue weighted by molar-refractivity contribution is -0.114. The van der Waals surface area contributed by atoms with Crippen LogP contribution in [0.2, 0.25) is 0 Å². The molecule has 9 aliphatic heterocycles. The summed E-state index contributed by atoms with van der Waals surface area (Å²) in [6.07, 6.45) is 35.1. The van der Waals surface area contributed by atoms with Gasteiger partial charge >= 0.3 is 0 Å². The molecule has 14 rings (SSSR count). The van der Waals surface area contributed by atoms with Crippen LogP contribution in [-0.4, -0.2) is 60.0 Å². The lowest BCUT2D eigenvalue weighted by Gasteiger charge is -2.24. The van der Waals surface area contributed by atoms with Crippen LogP contribution >= 0.6 is 0 Å². The fraction of sp³-hybridized carbons (Fsp3) is 0.417. The average Bonchev–Trinajstić information content (AvgIpc) is 3.96. The zero-order chi connectivity index (χ0) is 59.3. The van der Waals surface area contributed by atoms with Gasteiger partial charge in [-0.05, 0) is 159 Å². The number of nitrogens with one attached hydrogen (secondary N) is 2. The van der Waals surface area contributed by atoms with Gasteiger partial charge in [0, 0.05) is 93.9 Å². The second-order valence-electron chi connectivity index (χ2n) is 22.5. The van der Waals surface area contributed by atoms with Gasteiger partial charge < -0.3 is 25.3 Å². The summed E-state index contributed by atoms with van der Waals surface area (Å²) in [7, 11) is 0. The molecule has 0 unspecified atom stereocenters. The zero-order valence-electron chi connectivity index (χ0n) is 50.3. The van der Waals surface area contributed by atoms with Crippen LogP contribution in [0.15, 0.2) is 158 Å². The van der Waals surface area contributed by atoms with Crippen molar-refractivity contribution >= 4 is 63.9 Å². The summed E-state index contributed by atoms with van der Waals surface area (Å²) in [5.74, 6) is -1.59. The number of benzene rings is 5. The molecule has 0 saturated heterocycles. The van der Waals surface area contributed by atoms with Crippen molar-refractivity contribution in [2.75, 3.05) is 45.0 Å². The Kier molecular flexibility index (Phi) is 26.3. The maximum absolute atomic E-state index is 14.6. The van der Waals surface area contributed by atoms with Gasteiger partial charge in [0.2, 0.25) is 0 Å². The highest BCUT2D eigenvalue weighted by molar-refractivity contribution is 6.11. The summed E-state index contributed by atoms with van der Waals surface area (Å²) in [5, 5.41) is 5.96. The number of fused-ring (bicyclic) bond motifs is 1. The van der Waals surface area contributed by atoms with Crippen LogP contribution in [0, 0.1) is 0 Å². The van der Waals surface area contributed by atoms with E-state index in [4.69, 9.17) is 0 Å². The molecule has 6 amide bonds. The Bertz CT molecular complexity index is 2980. The topological polar surface area (TPSA) is 139 Å². The smallest absolute Gasteiger partial charge is 0.261 e. The van der Waals surface area contributed by atoms with Crippen LogP contribution < -0.4 is 25.3 Å². The molecule has 9 heterocycles. The second kappa shape index (κ2) is 34.7. The summed E-state index contributed by atoms with van der Waals surface area (Å²) in [5.41, 5.74) is 5.54. The summed E-state index contributed by atoms with van der Waals surface area (Å²) >= 11 is 0. The molecule has 0 spiro atoms. The highest BCUT2D eigenvalue weighted by Gasteiger charge is 2.24. The van der Waals surface area contributed by atoms with Crippen molar-refractivity contribution in [3.05, 3.63) is 185 Å². The van der Waals surface area contributed by atoms with Crippen LogP contribution in [0.1, 0.15) is 227 Å². The molecule has 0 saturated carbocycles. The van der Waals surface area contributed by atoms with Crippen molar-refractivity contribution in [3.63, 3.8) is 0 Å². The Hall–Kier alpha value is -7.86. The molecule has 5 aromatic carbocycles. The molecule has 9 aliphatic rings. The number of unbranched alkanes of at least 4 members (excludes halogenated alkanes) is 21. The molecule has 0 aromatic heterocycles. The minimum Gasteiger partial charge on any atom is -0.322 e. The Morgan fingerprint density at radius 1 is 0.310 bits per heavy atom. The number of hydrogen-bond acceptors (Lipinski definition) is 6. The predicted octanol–water partition coefficient (Wildman–Crippen LogP) is 17.7. The van der Waals surface area contributed by atoms with Gasteiger partial charge in [-0.1, -0.05) is 156 Å². The maximum Gasteiger partial charge on any atom is 0.261 e. The van der Waals surface area contributed by atoms with E-state index in [-0.39, 0.29) is 35.4 Å². The number of allylic oxidation sites excluding steroid dienone is 2. The third-order valence-corrected chi connectivity index (χ3v) is 15.9. The van der Waals surface area contributed by atoms with Gasteiger partial charge in [0.05, 0.1) is 0 Å². The van der Waals surface area contributed by atoms with E-state index in [0.717, 1.165) is 77.0 Å². The van der Waals surface area contributed by atoms with Gasteiger partial charge in [-0.3, -0.25) is 33.7 Å². The molecular formula is C72H90N6O6. The van der Waals surface area contributed by atoms with E-state index in [0.29, 0.717) is 81.5 Å². The maximum atomic E-state index is 14.6. The number of anilines is 5. The Balaban J connectivity index is 1.17. The molecular weight excluding hydrogens is 1040 g/mol. The first-order valence-electron chi connectivity index (χ1n) is 31.6. The highest BCUT2D eigenvalue weighted by atomic mass is 16.2. The summed E-state index contributed by atoms with van der Waals surface area (Å²) in [6, 6.07) is 34.9. The lowest BCUT2D eigenvalue weighted by atomic mass is 10.1. The van der Waals surface area contributed by atoms with Gasteiger partial charge in [-0.25, -0.2) is 0 Å². The van der Waals surface area contributed by atoms with Crippen LogP contribution in [-0.2, 0) is 4.79 Å². The minimum absolute atomic E-state index is 0.192. The van der Waals surface area contributed by atoms with E-state index in [1.807, 2.05) is 0 Å². The van der Waals surface area contributed by atoms with Gasteiger partial charge in [0.15, 0.2) is 0 Å². The van der Waals surface area contributed by atoms with Gasteiger partial charge in [-0.2, -0.15) is 0 Å². The van der Waals surface area contributed by atoms with Crippen molar-refractivity contribution in [3.8, 4) is 0 Å². The molecule has 5 aromatic rings. The number of amides is 6. The molecule has 2 N–H and O–H groups in total. The molecule has 12 nitrogen and oxygen atoms in total. The largest absolute Gasteiger partial charge is 0.322 e. The SMILES string of the molecule is CCCCCCCCCCN1C(=O)C2=CC=CN(C=C2)C(=O)c2ccc(cc2)N(CCCCCCCCCC)C(=O)c2ccc(cc2)NC(=O)c2ccc(cc2)N(CCCCCCCCCC)C(=O)c2ccc(cc2)NC(=O)c2ccc1cc2. The Morgan fingerprint density at radius 3 is 0.964 bits per heavy atom. The lowest BCUT2D eigenvalue weighted by Crippen LogP contribution is -2.33. The van der Waals surface area contributed by atoms with E-state index in [1.54, 1.807) is 167 Å². The molecule has 444 valence electrons. The quantitative estimate of drug-likeness (QED) is 0.0502. The first kappa shape index (κ1) is 63.7. The third-order valence-electron chi connectivity index (χ3n) is 15.9. The Morgan fingerprint density at radius 2 is 0.607 bits per heavy atom. The normalized spacial score (nSPS) is 14.2. The van der Waals surface area contributed by atoms with E-state index < -0.39 is 0 Å². The van der Waals surface area contributed by atoms with Gasteiger partial charge in [-0.15, -0.1) is 0 Å². The van der Waals surface area contributed by atoms with Gasteiger partial charge in [0.25, 0.3) is 35.4 Å². The molecule has 0 radical (unpaired) electrons. The fourth-order valence-corrected chi connectivity index (χ4v) is 10.8. The number of hydrogen-bond donors (Lipinski definition) is 2. The van der Waals surface area contributed by atoms with E-state index in [2.05, 4.69) is 31.4 Å². The number of rotatable bonds is 27. The highest BCUT2D eigenvalue weighted by Crippen LogP contribution is 2.27. The summed E-state index contributed by atoms with van der Waals surface area (Å²) in [6.45, 7) is 8.10. The van der Waals surface area contributed by atoms with Crippen molar-refractivity contribution in [2.45, 2.75) is 175 Å². The van der Waals surface area contributed by atoms with Crippen molar-refractivity contribution in [2.24, 2.45) is 0 Å². The minimum atomic E-state index is -0.338. The van der Waals surface area contributed by atoms with Crippen molar-refractivity contribution < 1.29 is 28.8 Å². The van der Waals surface area contributed by atoms with Crippen molar-refractivity contribution in [1.82, 2.24) is 4.90 Å². The first-order valence-corrected chi connectivity index (χ1v) is 31.6. The van der Waals surface area contributed by atoms with Gasteiger partial charge in [0.1, 0.15) is 0 Å². The predicted molar refractivity (Wildman–Crippen MR) is 344 cm³/mol. The Labute approximate surface area is 500 Å². The van der Waals surface area contributed by atoms with Crippen LogP contribution in [0.3, 0.4) is 0 Å². The summed E-state index contributed by atoms with van der Waals surface area (Å²) in [4.78, 5) is 91.9. The summed E-state index contributed by atoms with van der Waals surface area (Å²) < 4.78 is 0. The molecule has 0 atom stereocenters. The molecule has 0 aliphatic carbocycles. The number of carbonyl (C=O) groups excluding carboxylic acids is 6. The van der Waals surface area contributed by atoms with Crippen LogP contribution in [0.5, 0.6) is 0 Å². The van der Waals surface area contributed by atoms with E-state index >= 15 is 0 Å². The zero-order valence-corrected chi connectivity index (χ0v) is 50.3. The average molecular weight is 1140 g/mol. The van der Waals surface area contributed by atoms with Crippen molar-refractivity contribution in [1.29, 1.82) is 0 Å². The van der Waals surface area contributed by atoms with E-state index in [9.17, 15) is 28.8 Å². The van der Waals surface area contributed by atoms with Crippen LogP contribution in [0.4, 0.5) is 28.4 Å². The monoisotopic (exact) mass is 1130 g/mol. The first-order chi connectivity index (χ1) is 41.1. The van der Waals surface area contributed by atoms with E-state index in [1.165, 1.54) is 81.9 Å². The number of nitrogens with zero attached hydrogens (tertiary/aromatic N) is 4. The van der Waals surface area contributed by atoms with Crippen LogP contribution in [0.25, 0.3) is 0 Å². The fourth-order valence-electron chi connectivity index (χ4n) is 10.8. The number of carbonyl (C=O) groups is 6.